The number of benzene rings is 1. The van der Waals surface area contributed by atoms with Crippen molar-refractivity contribution >= 4 is 45.9 Å². The van der Waals surface area contributed by atoms with Crippen LogP contribution in [0.15, 0.2) is 22.5 Å². The van der Waals surface area contributed by atoms with Crippen LogP contribution in [0.5, 0.6) is 0 Å². The van der Waals surface area contributed by atoms with Crippen molar-refractivity contribution in [2.75, 3.05) is 23.0 Å². The Hall–Kier alpha value is -2.13. The van der Waals surface area contributed by atoms with Gasteiger partial charge in [0.1, 0.15) is 0 Å². The minimum absolute atomic E-state index is 0.107. The van der Waals surface area contributed by atoms with Crippen molar-refractivity contribution in [1.82, 2.24) is 10.2 Å². The van der Waals surface area contributed by atoms with Crippen molar-refractivity contribution in [2.45, 2.75) is 31.5 Å². The van der Waals surface area contributed by atoms with Gasteiger partial charge in [-0.25, -0.2) is 4.79 Å². The second kappa shape index (κ2) is 9.38. The molecule has 0 saturated heterocycles. The highest BCUT2D eigenvalue weighted by molar-refractivity contribution is 8.01. The van der Waals surface area contributed by atoms with E-state index in [4.69, 9.17) is 4.74 Å². The Morgan fingerprint density at radius 2 is 2.04 bits per heavy atom. The predicted molar refractivity (Wildman–Crippen MR) is 100 cm³/mol. The van der Waals surface area contributed by atoms with Gasteiger partial charge < -0.3 is 10.1 Å². The van der Waals surface area contributed by atoms with Crippen LogP contribution in [0, 0.1) is 6.92 Å². The number of aromatic nitrogens is 2. The maximum atomic E-state index is 12.2. The number of para-hydroxylation sites is 1. The average Bonchev–Trinajstić information content (AvgIpc) is 3.02. The van der Waals surface area contributed by atoms with Gasteiger partial charge in [-0.15, -0.1) is 10.2 Å². The lowest BCUT2D eigenvalue weighted by Crippen LogP contribution is -2.16. The van der Waals surface area contributed by atoms with Crippen LogP contribution < -0.4 is 10.6 Å². The summed E-state index contributed by atoms with van der Waals surface area (Å²) in [6.07, 6.45) is 0.281. The van der Waals surface area contributed by atoms with Crippen LogP contribution in [0.1, 0.15) is 25.0 Å². The predicted octanol–water partition coefficient (Wildman–Crippen LogP) is 3.71. The fourth-order valence-electron chi connectivity index (χ4n) is 2.08. The van der Waals surface area contributed by atoms with Crippen molar-refractivity contribution in [3.63, 3.8) is 0 Å². The smallest absolute Gasteiger partial charge is 0.413 e. The number of aryl methyl sites for hydroxylation is 2. The molecule has 9 heteroatoms. The van der Waals surface area contributed by atoms with E-state index in [9.17, 15) is 9.59 Å². The fraction of sp³-hybridized carbons (Fsp3) is 0.375. The topological polar surface area (TPSA) is 93.2 Å². The summed E-state index contributed by atoms with van der Waals surface area (Å²) < 4.78 is 5.37. The second-order valence-electron chi connectivity index (χ2n) is 5.02. The Kier molecular flexibility index (Phi) is 7.20. The summed E-state index contributed by atoms with van der Waals surface area (Å²) in [5.74, 6) is 0.107. The third-order valence-electron chi connectivity index (χ3n) is 3.22. The normalized spacial score (nSPS) is 10.4. The van der Waals surface area contributed by atoms with Gasteiger partial charge in [0.05, 0.1) is 12.4 Å². The molecule has 2 aromatic rings. The van der Waals surface area contributed by atoms with Crippen LogP contribution in [0.2, 0.25) is 0 Å². The number of carbonyl (C=O) groups is 2. The summed E-state index contributed by atoms with van der Waals surface area (Å²) >= 11 is 2.46. The quantitative estimate of drug-likeness (QED) is 0.562. The number of anilines is 2. The zero-order valence-corrected chi connectivity index (χ0v) is 15.9. The summed E-state index contributed by atoms with van der Waals surface area (Å²) in [6.45, 7) is 6.03. The summed E-state index contributed by atoms with van der Waals surface area (Å²) in [5.41, 5.74) is 3.02. The van der Waals surface area contributed by atoms with Crippen LogP contribution >= 0.6 is 23.1 Å². The van der Waals surface area contributed by atoms with E-state index in [1.54, 1.807) is 6.92 Å². The maximum absolute atomic E-state index is 12.2. The van der Waals surface area contributed by atoms with Crippen LogP contribution in [-0.4, -0.2) is 34.6 Å². The molecule has 1 heterocycles. The van der Waals surface area contributed by atoms with Crippen LogP contribution in [-0.2, 0) is 16.0 Å². The van der Waals surface area contributed by atoms with Gasteiger partial charge in [0.2, 0.25) is 11.0 Å². The van der Waals surface area contributed by atoms with E-state index in [0.29, 0.717) is 9.47 Å². The lowest BCUT2D eigenvalue weighted by atomic mass is 10.1. The molecular weight excluding hydrogens is 360 g/mol. The Bertz CT molecular complexity index is 749. The van der Waals surface area contributed by atoms with Crippen molar-refractivity contribution in [1.29, 1.82) is 0 Å². The van der Waals surface area contributed by atoms with Crippen molar-refractivity contribution in [2.24, 2.45) is 0 Å². The molecule has 0 spiro atoms. The molecule has 2 N–H and O–H groups in total. The molecule has 0 atom stereocenters. The number of amides is 2. The molecule has 0 aliphatic carbocycles. The van der Waals surface area contributed by atoms with E-state index in [0.717, 1.165) is 23.2 Å². The van der Waals surface area contributed by atoms with Gasteiger partial charge in [-0.2, -0.15) is 0 Å². The van der Waals surface area contributed by atoms with Gasteiger partial charge in [-0.05, 0) is 31.4 Å². The minimum Gasteiger partial charge on any atom is -0.450 e. The molecule has 0 aliphatic rings. The van der Waals surface area contributed by atoms with Gasteiger partial charge in [0.15, 0.2) is 4.34 Å². The van der Waals surface area contributed by atoms with E-state index in [2.05, 4.69) is 27.8 Å². The molecule has 7 nitrogen and oxygen atoms in total. The SMILES string of the molecule is CCOC(=O)Nc1nnc(SCC(=O)Nc2c(C)cccc2CC)s1. The Balaban J connectivity index is 1.89. The summed E-state index contributed by atoms with van der Waals surface area (Å²) in [6, 6.07) is 5.96. The lowest BCUT2D eigenvalue weighted by molar-refractivity contribution is -0.113. The third-order valence-corrected chi connectivity index (χ3v) is 5.19. The number of rotatable bonds is 7. The molecule has 0 radical (unpaired) electrons. The first kappa shape index (κ1) is 19.2. The number of hydrogen-bond donors (Lipinski definition) is 2. The van der Waals surface area contributed by atoms with Crippen molar-refractivity contribution in [3.05, 3.63) is 29.3 Å². The molecule has 0 saturated carbocycles. The van der Waals surface area contributed by atoms with Crippen molar-refractivity contribution in [3.8, 4) is 0 Å². The zero-order chi connectivity index (χ0) is 18.2. The highest BCUT2D eigenvalue weighted by atomic mass is 32.2. The molecule has 25 heavy (non-hydrogen) atoms. The molecule has 1 aromatic heterocycles. The van der Waals surface area contributed by atoms with E-state index in [1.165, 1.54) is 23.1 Å². The molecule has 0 fully saturated rings. The minimum atomic E-state index is -0.570. The Labute approximate surface area is 154 Å². The van der Waals surface area contributed by atoms with Crippen LogP contribution in [0.3, 0.4) is 0 Å². The average molecular weight is 380 g/mol. The fourth-order valence-corrected chi connectivity index (χ4v) is 3.62. The molecule has 0 bridgehead atoms. The van der Waals surface area contributed by atoms with E-state index in [-0.39, 0.29) is 18.3 Å². The lowest BCUT2D eigenvalue weighted by Gasteiger charge is -2.12. The standard InChI is InChI=1S/C16H20N4O3S2/c1-4-11-8-6-7-10(3)13(11)17-12(21)9-24-16-20-19-14(25-16)18-15(22)23-5-2/h6-8H,4-5,9H2,1-3H3,(H,17,21)(H,18,19,22). The first-order valence-electron chi connectivity index (χ1n) is 7.81. The number of nitrogens with one attached hydrogen (secondary N) is 2. The monoisotopic (exact) mass is 380 g/mol. The number of carbonyl (C=O) groups excluding carboxylic acids is 2. The summed E-state index contributed by atoms with van der Waals surface area (Å²) in [4.78, 5) is 23.5. The van der Waals surface area contributed by atoms with Crippen LogP contribution in [0.4, 0.5) is 15.6 Å². The summed E-state index contributed by atoms with van der Waals surface area (Å²) in [7, 11) is 0. The van der Waals surface area contributed by atoms with Crippen LogP contribution in [0.25, 0.3) is 0 Å². The number of nitrogens with zero attached hydrogens (tertiary/aromatic N) is 2. The molecule has 2 rings (SSSR count). The molecule has 2 amide bonds. The van der Waals surface area contributed by atoms with Crippen molar-refractivity contribution < 1.29 is 14.3 Å². The number of hydrogen-bond acceptors (Lipinski definition) is 7. The summed E-state index contributed by atoms with van der Waals surface area (Å²) in [5, 5.41) is 13.6. The van der Waals surface area contributed by atoms with E-state index in [1.807, 2.05) is 25.1 Å². The van der Waals surface area contributed by atoms with Gasteiger partial charge in [0, 0.05) is 5.69 Å². The van der Waals surface area contributed by atoms with E-state index >= 15 is 0 Å². The Morgan fingerprint density at radius 1 is 1.24 bits per heavy atom. The first-order valence-corrected chi connectivity index (χ1v) is 9.62. The highest BCUT2D eigenvalue weighted by Gasteiger charge is 2.12. The number of ether oxygens (including phenoxy) is 1. The number of thioether (sulfide) groups is 1. The zero-order valence-electron chi connectivity index (χ0n) is 14.3. The third kappa shape index (κ3) is 5.71. The molecule has 134 valence electrons. The Morgan fingerprint density at radius 3 is 2.76 bits per heavy atom. The molecule has 1 aromatic carbocycles. The molecular formula is C16H20N4O3S2. The second-order valence-corrected chi connectivity index (χ2v) is 7.22. The molecule has 0 aliphatic heterocycles. The first-order chi connectivity index (χ1) is 12.0. The van der Waals surface area contributed by atoms with Gasteiger partial charge in [-0.3, -0.25) is 10.1 Å². The van der Waals surface area contributed by atoms with Gasteiger partial charge >= 0.3 is 6.09 Å². The largest absolute Gasteiger partial charge is 0.450 e. The highest BCUT2D eigenvalue weighted by Crippen LogP contribution is 2.26. The van der Waals surface area contributed by atoms with Gasteiger partial charge in [0.25, 0.3) is 0 Å². The molecule has 0 unspecified atom stereocenters. The maximum Gasteiger partial charge on any atom is 0.413 e. The van der Waals surface area contributed by atoms with Gasteiger partial charge in [-0.1, -0.05) is 48.2 Å². The van der Waals surface area contributed by atoms with E-state index < -0.39 is 6.09 Å².